The molecule has 2 saturated heterocycles. The van der Waals surface area contributed by atoms with E-state index in [1.54, 1.807) is 0 Å². The number of likely N-dealkylation sites (N-methyl/N-ethyl adjacent to an activating group) is 1. The van der Waals surface area contributed by atoms with Crippen LogP contribution in [0.3, 0.4) is 0 Å². The Kier molecular flexibility index (Phi) is 5.19. The first kappa shape index (κ1) is 14.8. The second-order valence-electron chi connectivity index (χ2n) is 5.82. The Balaban J connectivity index is 1.91. The molecule has 0 bridgehead atoms. The first-order chi connectivity index (χ1) is 9.13. The van der Waals surface area contributed by atoms with Gasteiger partial charge in [0.05, 0.1) is 19.1 Å². The van der Waals surface area contributed by atoms with E-state index in [1.807, 2.05) is 4.90 Å². The molecule has 0 aromatic heterocycles. The van der Waals surface area contributed by atoms with E-state index in [0.29, 0.717) is 19.3 Å². The summed E-state index contributed by atoms with van der Waals surface area (Å²) in [7, 11) is 2.12. The van der Waals surface area contributed by atoms with Gasteiger partial charge in [-0.15, -0.1) is 0 Å². The van der Waals surface area contributed by atoms with Gasteiger partial charge in [-0.05, 0) is 26.9 Å². The second kappa shape index (κ2) is 6.68. The molecular formula is C14H27N3O2. The van der Waals surface area contributed by atoms with Crippen molar-refractivity contribution in [1.29, 1.82) is 0 Å². The van der Waals surface area contributed by atoms with Crippen molar-refractivity contribution in [2.45, 2.75) is 32.4 Å². The Labute approximate surface area is 116 Å². The number of amides is 1. The maximum absolute atomic E-state index is 12.6. The van der Waals surface area contributed by atoms with Gasteiger partial charge in [-0.2, -0.15) is 0 Å². The van der Waals surface area contributed by atoms with Gasteiger partial charge < -0.3 is 19.9 Å². The Morgan fingerprint density at radius 2 is 2.16 bits per heavy atom. The lowest BCUT2D eigenvalue weighted by Crippen LogP contribution is -2.55. The van der Waals surface area contributed by atoms with Crippen LogP contribution in [0.1, 0.15) is 20.3 Å². The van der Waals surface area contributed by atoms with E-state index in [9.17, 15) is 4.79 Å². The van der Waals surface area contributed by atoms with Crippen LogP contribution < -0.4 is 5.32 Å². The lowest BCUT2D eigenvalue weighted by Gasteiger charge is -2.39. The van der Waals surface area contributed by atoms with Gasteiger partial charge in [0.1, 0.15) is 0 Å². The van der Waals surface area contributed by atoms with Gasteiger partial charge in [0.15, 0.2) is 0 Å². The van der Waals surface area contributed by atoms with Crippen LogP contribution in [0.4, 0.5) is 0 Å². The van der Waals surface area contributed by atoms with Crippen LogP contribution in [-0.2, 0) is 9.53 Å². The lowest BCUT2D eigenvalue weighted by atomic mass is 10.0. The van der Waals surface area contributed by atoms with Crippen LogP contribution in [-0.4, -0.2) is 74.2 Å². The fourth-order valence-electron chi connectivity index (χ4n) is 2.81. The number of carbonyl (C=O) groups excluding carboxylic acids is 1. The zero-order chi connectivity index (χ0) is 13.8. The minimum atomic E-state index is 0.00200. The third-order valence-corrected chi connectivity index (χ3v) is 4.33. The van der Waals surface area contributed by atoms with E-state index in [2.05, 4.69) is 31.1 Å². The van der Waals surface area contributed by atoms with Gasteiger partial charge in [0.25, 0.3) is 0 Å². The summed E-state index contributed by atoms with van der Waals surface area (Å²) in [4.78, 5) is 16.9. The van der Waals surface area contributed by atoms with Gasteiger partial charge in [0, 0.05) is 31.7 Å². The molecule has 1 N–H and O–H groups in total. The van der Waals surface area contributed by atoms with E-state index in [4.69, 9.17) is 4.74 Å². The van der Waals surface area contributed by atoms with Gasteiger partial charge in [-0.3, -0.25) is 4.79 Å². The highest BCUT2D eigenvalue weighted by Crippen LogP contribution is 2.19. The van der Waals surface area contributed by atoms with Crippen LogP contribution in [0.2, 0.25) is 0 Å². The Hall–Kier alpha value is -0.650. The van der Waals surface area contributed by atoms with Crippen molar-refractivity contribution in [2.75, 3.05) is 46.4 Å². The fraction of sp³-hybridized carbons (Fsp3) is 0.929. The highest BCUT2D eigenvalue weighted by Gasteiger charge is 2.37. The average Bonchev–Trinajstić information content (AvgIpc) is 2.87. The highest BCUT2D eigenvalue weighted by atomic mass is 16.5. The smallest absolute Gasteiger partial charge is 0.229 e. The number of hydrogen-bond acceptors (Lipinski definition) is 4. The Morgan fingerprint density at radius 1 is 1.37 bits per heavy atom. The number of nitrogens with zero attached hydrogens (tertiary/aromatic N) is 2. The molecule has 0 aromatic carbocycles. The van der Waals surface area contributed by atoms with Crippen molar-refractivity contribution in [3.05, 3.63) is 0 Å². The summed E-state index contributed by atoms with van der Waals surface area (Å²) < 4.78 is 5.51. The fourth-order valence-corrected chi connectivity index (χ4v) is 2.81. The molecular weight excluding hydrogens is 242 g/mol. The Morgan fingerprint density at radius 3 is 2.84 bits per heavy atom. The number of ether oxygens (including phenoxy) is 1. The molecule has 0 saturated carbocycles. The molecule has 110 valence electrons. The summed E-state index contributed by atoms with van der Waals surface area (Å²) in [6.07, 6.45) is 1.09. The summed E-state index contributed by atoms with van der Waals surface area (Å²) in [6.45, 7) is 9.16. The molecule has 1 amide bonds. The molecule has 2 heterocycles. The van der Waals surface area contributed by atoms with E-state index in [1.165, 1.54) is 0 Å². The number of hydrogen-bond donors (Lipinski definition) is 1. The van der Waals surface area contributed by atoms with Gasteiger partial charge in [0.2, 0.25) is 5.91 Å². The van der Waals surface area contributed by atoms with E-state index < -0.39 is 0 Å². The zero-order valence-electron chi connectivity index (χ0n) is 12.4. The number of nitrogens with one attached hydrogen (secondary N) is 1. The van der Waals surface area contributed by atoms with Crippen LogP contribution in [0.25, 0.3) is 0 Å². The van der Waals surface area contributed by atoms with Crippen LogP contribution in [0.5, 0.6) is 0 Å². The third-order valence-electron chi connectivity index (χ3n) is 4.33. The second-order valence-corrected chi connectivity index (χ2v) is 5.82. The van der Waals surface area contributed by atoms with Gasteiger partial charge in [-0.25, -0.2) is 0 Å². The van der Waals surface area contributed by atoms with Gasteiger partial charge in [-0.1, -0.05) is 6.92 Å². The predicted molar refractivity (Wildman–Crippen MR) is 75.1 cm³/mol. The summed E-state index contributed by atoms with van der Waals surface area (Å²) in [5.41, 5.74) is 0. The van der Waals surface area contributed by atoms with Gasteiger partial charge >= 0.3 is 0 Å². The maximum atomic E-state index is 12.6. The summed E-state index contributed by atoms with van der Waals surface area (Å²) >= 11 is 0. The minimum Gasteiger partial charge on any atom is -0.379 e. The van der Waals surface area contributed by atoms with Crippen LogP contribution in [0.15, 0.2) is 0 Å². The van der Waals surface area contributed by atoms with Crippen molar-refractivity contribution >= 4 is 5.91 Å². The molecule has 3 atom stereocenters. The standard InChI is InChI=1S/C14H27N3O2/c1-4-5-15-13-10-19-9-12(13)14(18)17-7-6-16(3)11(2)8-17/h11-13,15H,4-10H2,1-3H3. The molecule has 2 rings (SSSR count). The maximum Gasteiger partial charge on any atom is 0.229 e. The van der Waals surface area contributed by atoms with Crippen LogP contribution >= 0.6 is 0 Å². The topological polar surface area (TPSA) is 44.8 Å². The third kappa shape index (κ3) is 3.46. The first-order valence-corrected chi connectivity index (χ1v) is 7.43. The SMILES string of the molecule is CCCNC1COCC1C(=O)N1CCN(C)C(C)C1. The first-order valence-electron chi connectivity index (χ1n) is 7.43. The normalized spacial score (nSPS) is 32.8. The summed E-state index contributed by atoms with van der Waals surface area (Å²) in [5, 5.41) is 3.44. The Bertz CT molecular complexity index is 311. The summed E-state index contributed by atoms with van der Waals surface area (Å²) in [6, 6.07) is 0.643. The quantitative estimate of drug-likeness (QED) is 0.790. The minimum absolute atomic E-state index is 0.00200. The van der Waals surface area contributed by atoms with E-state index in [-0.39, 0.29) is 17.9 Å². The molecule has 5 heteroatoms. The van der Waals surface area contributed by atoms with Crippen molar-refractivity contribution in [3.63, 3.8) is 0 Å². The number of rotatable bonds is 4. The predicted octanol–water partition coefficient (Wildman–Crippen LogP) is 0.164. The van der Waals surface area contributed by atoms with E-state index >= 15 is 0 Å². The van der Waals surface area contributed by atoms with E-state index in [0.717, 1.165) is 32.6 Å². The van der Waals surface area contributed by atoms with Crippen molar-refractivity contribution < 1.29 is 9.53 Å². The van der Waals surface area contributed by atoms with Crippen molar-refractivity contribution in [1.82, 2.24) is 15.1 Å². The average molecular weight is 269 g/mol. The van der Waals surface area contributed by atoms with Crippen LogP contribution in [0, 0.1) is 5.92 Å². The van der Waals surface area contributed by atoms with Crippen molar-refractivity contribution in [2.24, 2.45) is 5.92 Å². The zero-order valence-corrected chi connectivity index (χ0v) is 12.4. The molecule has 0 spiro atoms. The molecule has 0 aliphatic carbocycles. The number of piperazine rings is 1. The monoisotopic (exact) mass is 269 g/mol. The molecule has 5 nitrogen and oxygen atoms in total. The van der Waals surface area contributed by atoms with Crippen molar-refractivity contribution in [3.8, 4) is 0 Å². The molecule has 0 radical (unpaired) electrons. The lowest BCUT2D eigenvalue weighted by molar-refractivity contribution is -0.138. The molecule has 3 unspecified atom stereocenters. The molecule has 19 heavy (non-hydrogen) atoms. The molecule has 2 aliphatic heterocycles. The summed E-state index contributed by atoms with van der Waals surface area (Å²) in [5.74, 6) is 0.271. The number of carbonyl (C=O) groups is 1. The molecule has 2 fully saturated rings. The molecule has 2 aliphatic rings. The molecule has 0 aromatic rings. The highest BCUT2D eigenvalue weighted by molar-refractivity contribution is 5.80. The largest absolute Gasteiger partial charge is 0.379 e.